The zero-order chi connectivity index (χ0) is 12.7. The summed E-state index contributed by atoms with van der Waals surface area (Å²) in [6, 6.07) is 7.29. The summed E-state index contributed by atoms with van der Waals surface area (Å²) < 4.78 is 0.777. The highest BCUT2D eigenvalue weighted by molar-refractivity contribution is 9.10. The number of benzene rings is 1. The van der Waals surface area contributed by atoms with E-state index < -0.39 is 0 Å². The van der Waals surface area contributed by atoms with E-state index in [0.717, 1.165) is 29.4 Å². The van der Waals surface area contributed by atoms with E-state index in [-0.39, 0.29) is 5.91 Å². The van der Waals surface area contributed by atoms with Crippen LogP contribution in [0.4, 0.5) is 0 Å². The molecule has 0 atom stereocenters. The lowest BCUT2D eigenvalue weighted by Crippen LogP contribution is -2.19. The molecular formula is C13H17BrN2O. The van der Waals surface area contributed by atoms with Crippen molar-refractivity contribution in [2.24, 2.45) is 5.10 Å². The van der Waals surface area contributed by atoms with Crippen molar-refractivity contribution in [3.8, 4) is 0 Å². The number of halogens is 1. The van der Waals surface area contributed by atoms with Gasteiger partial charge >= 0.3 is 0 Å². The topological polar surface area (TPSA) is 41.5 Å². The maximum atomic E-state index is 11.8. The monoisotopic (exact) mass is 296 g/mol. The van der Waals surface area contributed by atoms with Gasteiger partial charge in [0.1, 0.15) is 0 Å². The predicted molar refractivity (Wildman–Crippen MR) is 74.2 cm³/mol. The number of amides is 1. The van der Waals surface area contributed by atoms with E-state index in [9.17, 15) is 4.79 Å². The Morgan fingerprint density at radius 1 is 1.41 bits per heavy atom. The molecule has 0 fully saturated rings. The fourth-order valence-electron chi connectivity index (χ4n) is 1.34. The Labute approximate surface area is 110 Å². The third kappa shape index (κ3) is 4.69. The van der Waals surface area contributed by atoms with Crippen LogP contribution >= 0.6 is 15.9 Å². The smallest absolute Gasteiger partial charge is 0.267 e. The lowest BCUT2D eigenvalue weighted by atomic mass is 10.2. The van der Waals surface area contributed by atoms with Crippen molar-refractivity contribution < 1.29 is 4.79 Å². The molecule has 0 heterocycles. The molecule has 1 amide bonds. The van der Waals surface area contributed by atoms with Crippen molar-refractivity contribution in [1.82, 2.24) is 5.43 Å². The van der Waals surface area contributed by atoms with Gasteiger partial charge in [-0.1, -0.05) is 25.5 Å². The third-order valence-electron chi connectivity index (χ3n) is 2.36. The second-order valence-electron chi connectivity index (χ2n) is 3.87. The molecule has 0 spiro atoms. The van der Waals surface area contributed by atoms with E-state index >= 15 is 0 Å². The lowest BCUT2D eigenvalue weighted by molar-refractivity contribution is 0.0954. The van der Waals surface area contributed by atoms with Crippen molar-refractivity contribution in [1.29, 1.82) is 0 Å². The number of rotatable bonds is 5. The number of nitrogens with one attached hydrogen (secondary N) is 1. The molecule has 4 heteroatoms. The summed E-state index contributed by atoms with van der Waals surface area (Å²) in [4.78, 5) is 11.8. The summed E-state index contributed by atoms with van der Waals surface area (Å²) in [6.07, 6.45) is 3.15. The lowest BCUT2D eigenvalue weighted by Gasteiger charge is -2.03. The normalized spacial score (nSPS) is 11.4. The van der Waals surface area contributed by atoms with Crippen LogP contribution in [0.3, 0.4) is 0 Å². The van der Waals surface area contributed by atoms with Gasteiger partial charge in [-0.2, -0.15) is 5.10 Å². The number of hydrogen-bond donors (Lipinski definition) is 1. The molecule has 0 aliphatic carbocycles. The van der Waals surface area contributed by atoms with Crippen LogP contribution in [0.2, 0.25) is 0 Å². The van der Waals surface area contributed by atoms with Crippen LogP contribution in [-0.2, 0) is 0 Å². The predicted octanol–water partition coefficient (Wildman–Crippen LogP) is 3.75. The van der Waals surface area contributed by atoms with Crippen LogP contribution in [0.5, 0.6) is 0 Å². The van der Waals surface area contributed by atoms with E-state index in [4.69, 9.17) is 0 Å². The van der Waals surface area contributed by atoms with Crippen molar-refractivity contribution in [3.63, 3.8) is 0 Å². The second-order valence-corrected chi connectivity index (χ2v) is 4.73. The van der Waals surface area contributed by atoms with Crippen LogP contribution in [0.15, 0.2) is 33.8 Å². The Hall–Kier alpha value is -1.16. The van der Waals surface area contributed by atoms with E-state index in [2.05, 4.69) is 33.4 Å². The Morgan fingerprint density at radius 2 is 2.12 bits per heavy atom. The number of nitrogens with zero attached hydrogens (tertiary/aromatic N) is 1. The molecule has 1 rings (SSSR count). The van der Waals surface area contributed by atoms with Crippen molar-refractivity contribution in [3.05, 3.63) is 34.3 Å². The van der Waals surface area contributed by atoms with Crippen molar-refractivity contribution in [2.75, 3.05) is 0 Å². The Morgan fingerprint density at radius 3 is 2.76 bits per heavy atom. The molecule has 17 heavy (non-hydrogen) atoms. The molecule has 1 aromatic carbocycles. The molecule has 0 aromatic heterocycles. The Balaban J connectivity index is 2.58. The summed E-state index contributed by atoms with van der Waals surface area (Å²) >= 11 is 3.34. The minimum atomic E-state index is -0.187. The van der Waals surface area contributed by atoms with Gasteiger partial charge in [-0.15, -0.1) is 0 Å². The van der Waals surface area contributed by atoms with Crippen LogP contribution in [0.25, 0.3) is 0 Å². The SMILES string of the molecule is CCCCC(C)=NNC(=O)c1ccccc1Br. The first-order chi connectivity index (χ1) is 8.15. The molecule has 0 radical (unpaired) electrons. The molecule has 3 nitrogen and oxygen atoms in total. The average molecular weight is 297 g/mol. The fraction of sp³-hybridized carbons (Fsp3) is 0.385. The summed E-state index contributed by atoms with van der Waals surface area (Å²) in [5.74, 6) is -0.187. The first-order valence-electron chi connectivity index (χ1n) is 5.73. The second kappa shape index (κ2) is 7.22. The largest absolute Gasteiger partial charge is 0.272 e. The fourth-order valence-corrected chi connectivity index (χ4v) is 1.81. The van der Waals surface area contributed by atoms with Gasteiger partial charge < -0.3 is 0 Å². The summed E-state index contributed by atoms with van der Waals surface area (Å²) in [7, 11) is 0. The van der Waals surface area contributed by atoms with Gasteiger partial charge in [-0.25, -0.2) is 5.43 Å². The minimum Gasteiger partial charge on any atom is -0.267 e. The third-order valence-corrected chi connectivity index (χ3v) is 3.05. The van der Waals surface area contributed by atoms with Gasteiger partial charge in [-0.3, -0.25) is 4.79 Å². The number of carbonyl (C=O) groups is 1. The molecule has 1 aromatic rings. The first-order valence-corrected chi connectivity index (χ1v) is 6.52. The molecular weight excluding hydrogens is 280 g/mol. The zero-order valence-electron chi connectivity index (χ0n) is 10.2. The molecule has 92 valence electrons. The highest BCUT2D eigenvalue weighted by Gasteiger charge is 2.07. The van der Waals surface area contributed by atoms with Gasteiger partial charge in [-0.05, 0) is 47.8 Å². The van der Waals surface area contributed by atoms with Crippen LogP contribution in [-0.4, -0.2) is 11.6 Å². The highest BCUT2D eigenvalue weighted by Crippen LogP contribution is 2.15. The Kier molecular flexibility index (Phi) is 5.91. The molecule has 0 unspecified atom stereocenters. The van der Waals surface area contributed by atoms with Gasteiger partial charge in [0.25, 0.3) is 5.91 Å². The zero-order valence-corrected chi connectivity index (χ0v) is 11.8. The highest BCUT2D eigenvalue weighted by atomic mass is 79.9. The van der Waals surface area contributed by atoms with Crippen LogP contribution < -0.4 is 5.43 Å². The van der Waals surface area contributed by atoms with Gasteiger partial charge in [0.05, 0.1) is 5.56 Å². The van der Waals surface area contributed by atoms with Crippen LogP contribution in [0.1, 0.15) is 43.5 Å². The first kappa shape index (κ1) is 13.9. The van der Waals surface area contributed by atoms with Crippen molar-refractivity contribution >= 4 is 27.5 Å². The van der Waals surface area contributed by atoms with E-state index in [0.29, 0.717) is 5.56 Å². The maximum absolute atomic E-state index is 11.8. The maximum Gasteiger partial charge on any atom is 0.272 e. The van der Waals surface area contributed by atoms with Gasteiger partial charge in [0.15, 0.2) is 0 Å². The van der Waals surface area contributed by atoms with Gasteiger partial charge in [0.2, 0.25) is 0 Å². The molecule has 0 aliphatic heterocycles. The summed E-state index contributed by atoms with van der Waals surface area (Å²) in [5.41, 5.74) is 4.12. The molecule has 1 N–H and O–H groups in total. The molecule has 0 bridgehead atoms. The number of hydrogen-bond acceptors (Lipinski definition) is 2. The molecule has 0 aliphatic rings. The Bertz CT molecular complexity index is 416. The van der Waals surface area contributed by atoms with E-state index in [1.54, 1.807) is 6.07 Å². The van der Waals surface area contributed by atoms with Crippen LogP contribution in [0, 0.1) is 0 Å². The van der Waals surface area contributed by atoms with Crippen molar-refractivity contribution in [2.45, 2.75) is 33.1 Å². The molecule has 0 saturated heterocycles. The van der Waals surface area contributed by atoms with Gasteiger partial charge in [0, 0.05) is 10.2 Å². The quantitative estimate of drug-likeness (QED) is 0.652. The standard InChI is InChI=1S/C13H17BrN2O/c1-3-4-7-10(2)15-16-13(17)11-8-5-6-9-12(11)14/h5-6,8-9H,3-4,7H2,1-2H3,(H,16,17). The number of unbranched alkanes of at least 4 members (excludes halogenated alkanes) is 1. The average Bonchev–Trinajstić information content (AvgIpc) is 2.34. The number of carbonyl (C=O) groups excluding carboxylic acids is 1. The van der Waals surface area contributed by atoms with E-state index in [1.807, 2.05) is 25.1 Å². The van der Waals surface area contributed by atoms with E-state index in [1.165, 1.54) is 0 Å². The summed E-state index contributed by atoms with van der Waals surface area (Å²) in [5, 5.41) is 4.08. The number of hydrazone groups is 1. The molecule has 0 saturated carbocycles. The summed E-state index contributed by atoms with van der Waals surface area (Å²) in [6.45, 7) is 4.06. The minimum absolute atomic E-state index is 0.187.